The molecular weight excluding hydrogens is 234 g/mol. The average Bonchev–Trinajstić information content (AvgIpc) is 2.71. The van der Waals surface area contributed by atoms with Crippen molar-refractivity contribution in [2.24, 2.45) is 5.92 Å². The normalized spacial score (nSPS) is 28.6. The summed E-state index contributed by atoms with van der Waals surface area (Å²) < 4.78 is 5.18. The molecule has 0 aliphatic heterocycles. The van der Waals surface area contributed by atoms with Crippen LogP contribution in [0.25, 0.3) is 0 Å². The summed E-state index contributed by atoms with van der Waals surface area (Å²) in [6.45, 7) is 6.80. The second-order valence-corrected chi connectivity index (χ2v) is 6.48. The summed E-state index contributed by atoms with van der Waals surface area (Å²) in [4.78, 5) is 12.0. The number of esters is 1. The number of hydrogen-bond acceptors (Lipinski definition) is 4. The molecule has 17 heavy (non-hydrogen) atoms. The summed E-state index contributed by atoms with van der Waals surface area (Å²) >= 11 is 2.00. The Hall–Kier alpha value is -0.220. The zero-order chi connectivity index (χ0) is 12.9. The SMILES string of the molecule is CCOC(=O)C1(NC)CCC(SCC(C)C)C1. The lowest BCUT2D eigenvalue weighted by molar-refractivity contribution is -0.150. The molecule has 0 amide bonds. The second-order valence-electron chi connectivity index (χ2n) is 5.14. The summed E-state index contributed by atoms with van der Waals surface area (Å²) in [5.41, 5.74) is -0.426. The van der Waals surface area contributed by atoms with Gasteiger partial charge in [-0.3, -0.25) is 4.79 Å². The minimum Gasteiger partial charge on any atom is -0.465 e. The fraction of sp³-hybridized carbons (Fsp3) is 0.923. The van der Waals surface area contributed by atoms with Crippen molar-refractivity contribution in [1.82, 2.24) is 5.32 Å². The van der Waals surface area contributed by atoms with Gasteiger partial charge in [-0.05, 0) is 44.9 Å². The molecule has 1 aliphatic carbocycles. The molecule has 1 rings (SSSR count). The summed E-state index contributed by atoms with van der Waals surface area (Å²) in [5, 5.41) is 3.78. The predicted octanol–water partition coefficient (Wildman–Crippen LogP) is 2.45. The van der Waals surface area contributed by atoms with Crippen molar-refractivity contribution < 1.29 is 9.53 Å². The third-order valence-corrected chi connectivity index (χ3v) is 5.01. The van der Waals surface area contributed by atoms with E-state index in [-0.39, 0.29) is 5.97 Å². The third kappa shape index (κ3) is 3.88. The Morgan fingerprint density at radius 1 is 1.59 bits per heavy atom. The number of nitrogens with one attached hydrogen (secondary N) is 1. The van der Waals surface area contributed by atoms with E-state index in [0.29, 0.717) is 17.8 Å². The van der Waals surface area contributed by atoms with Crippen molar-refractivity contribution in [3.05, 3.63) is 0 Å². The van der Waals surface area contributed by atoms with Gasteiger partial charge in [0.25, 0.3) is 0 Å². The van der Waals surface area contributed by atoms with Crippen LogP contribution in [0.2, 0.25) is 0 Å². The van der Waals surface area contributed by atoms with Crippen molar-refractivity contribution in [2.75, 3.05) is 19.4 Å². The predicted molar refractivity (Wildman–Crippen MR) is 73.4 cm³/mol. The maximum atomic E-state index is 12.0. The van der Waals surface area contributed by atoms with E-state index >= 15 is 0 Å². The van der Waals surface area contributed by atoms with Crippen molar-refractivity contribution in [1.29, 1.82) is 0 Å². The van der Waals surface area contributed by atoms with Crippen LogP contribution in [0.1, 0.15) is 40.0 Å². The van der Waals surface area contributed by atoms with Crippen LogP contribution < -0.4 is 5.32 Å². The fourth-order valence-electron chi connectivity index (χ4n) is 2.25. The van der Waals surface area contributed by atoms with Crippen LogP contribution >= 0.6 is 11.8 Å². The monoisotopic (exact) mass is 259 g/mol. The molecule has 1 aliphatic rings. The van der Waals surface area contributed by atoms with Gasteiger partial charge in [-0.15, -0.1) is 0 Å². The van der Waals surface area contributed by atoms with E-state index in [1.54, 1.807) is 0 Å². The minimum absolute atomic E-state index is 0.0739. The van der Waals surface area contributed by atoms with E-state index in [9.17, 15) is 4.79 Å². The fourth-order valence-corrected chi connectivity index (χ4v) is 3.60. The zero-order valence-electron chi connectivity index (χ0n) is 11.4. The van der Waals surface area contributed by atoms with Crippen LogP contribution in [0, 0.1) is 5.92 Å². The third-order valence-electron chi connectivity index (χ3n) is 3.28. The Morgan fingerprint density at radius 3 is 2.82 bits per heavy atom. The van der Waals surface area contributed by atoms with Crippen LogP contribution in [0.4, 0.5) is 0 Å². The lowest BCUT2D eigenvalue weighted by atomic mass is 9.98. The molecule has 0 saturated heterocycles. The van der Waals surface area contributed by atoms with Crippen LogP contribution in [-0.4, -0.2) is 36.2 Å². The molecule has 2 atom stereocenters. The van der Waals surface area contributed by atoms with Crippen LogP contribution in [0.15, 0.2) is 0 Å². The van der Waals surface area contributed by atoms with Gasteiger partial charge in [0.1, 0.15) is 5.54 Å². The largest absolute Gasteiger partial charge is 0.465 e. The molecule has 1 fully saturated rings. The Bertz CT molecular complexity index is 258. The number of hydrogen-bond donors (Lipinski definition) is 1. The van der Waals surface area contributed by atoms with E-state index in [2.05, 4.69) is 19.2 Å². The van der Waals surface area contributed by atoms with E-state index in [1.165, 1.54) is 5.75 Å². The van der Waals surface area contributed by atoms with Gasteiger partial charge in [-0.25, -0.2) is 0 Å². The summed E-state index contributed by atoms with van der Waals surface area (Å²) in [6, 6.07) is 0. The average molecular weight is 259 g/mol. The van der Waals surface area contributed by atoms with Gasteiger partial charge in [0, 0.05) is 5.25 Å². The Kier molecular flexibility index (Phi) is 5.80. The molecule has 100 valence electrons. The highest BCUT2D eigenvalue weighted by molar-refractivity contribution is 7.99. The van der Waals surface area contributed by atoms with E-state index in [0.717, 1.165) is 19.3 Å². The Labute approximate surface area is 109 Å². The van der Waals surface area contributed by atoms with Gasteiger partial charge in [0.2, 0.25) is 0 Å². The lowest BCUT2D eigenvalue weighted by Crippen LogP contribution is -2.49. The molecule has 3 nitrogen and oxygen atoms in total. The number of likely N-dealkylation sites (N-methyl/N-ethyl adjacent to an activating group) is 1. The zero-order valence-corrected chi connectivity index (χ0v) is 12.2. The smallest absolute Gasteiger partial charge is 0.326 e. The number of carbonyl (C=O) groups is 1. The molecule has 4 heteroatoms. The van der Waals surface area contributed by atoms with Gasteiger partial charge in [0.05, 0.1) is 6.61 Å². The standard InChI is InChI=1S/C13H25NO2S/c1-5-16-12(15)13(14-4)7-6-11(8-13)17-9-10(2)3/h10-11,14H,5-9H2,1-4H3. The minimum atomic E-state index is -0.426. The summed E-state index contributed by atoms with van der Waals surface area (Å²) in [5.74, 6) is 1.81. The Balaban J connectivity index is 2.51. The number of rotatable bonds is 6. The van der Waals surface area contributed by atoms with Crippen molar-refractivity contribution in [3.63, 3.8) is 0 Å². The number of carbonyl (C=O) groups excluding carboxylic acids is 1. The highest BCUT2D eigenvalue weighted by atomic mass is 32.2. The second kappa shape index (κ2) is 6.64. The first-order valence-electron chi connectivity index (χ1n) is 6.51. The van der Waals surface area contributed by atoms with Crippen molar-refractivity contribution in [3.8, 4) is 0 Å². The number of ether oxygens (including phenoxy) is 1. The first kappa shape index (κ1) is 14.8. The van der Waals surface area contributed by atoms with Gasteiger partial charge in [-0.1, -0.05) is 13.8 Å². The topological polar surface area (TPSA) is 38.3 Å². The molecule has 0 heterocycles. The molecule has 0 aromatic carbocycles. The van der Waals surface area contributed by atoms with Crippen molar-refractivity contribution >= 4 is 17.7 Å². The maximum Gasteiger partial charge on any atom is 0.326 e. The molecule has 0 aromatic rings. The molecule has 0 spiro atoms. The van der Waals surface area contributed by atoms with Gasteiger partial charge < -0.3 is 10.1 Å². The molecule has 0 bridgehead atoms. The molecule has 2 unspecified atom stereocenters. The van der Waals surface area contributed by atoms with E-state index in [1.807, 2.05) is 25.7 Å². The lowest BCUT2D eigenvalue weighted by Gasteiger charge is -2.26. The summed E-state index contributed by atoms with van der Waals surface area (Å²) in [7, 11) is 1.87. The van der Waals surface area contributed by atoms with Gasteiger partial charge in [-0.2, -0.15) is 11.8 Å². The number of thioether (sulfide) groups is 1. The molecule has 0 aromatic heterocycles. The van der Waals surface area contributed by atoms with Gasteiger partial charge >= 0.3 is 5.97 Å². The summed E-state index contributed by atoms with van der Waals surface area (Å²) in [6.07, 6.45) is 2.91. The van der Waals surface area contributed by atoms with Crippen LogP contribution in [0.5, 0.6) is 0 Å². The maximum absolute atomic E-state index is 12.0. The molecule has 1 N–H and O–H groups in total. The van der Waals surface area contributed by atoms with Crippen molar-refractivity contribution in [2.45, 2.75) is 50.8 Å². The first-order chi connectivity index (χ1) is 8.04. The van der Waals surface area contributed by atoms with Crippen LogP contribution in [0.3, 0.4) is 0 Å². The van der Waals surface area contributed by atoms with E-state index in [4.69, 9.17) is 4.74 Å². The molecule has 1 saturated carbocycles. The highest BCUT2D eigenvalue weighted by Gasteiger charge is 2.45. The quantitative estimate of drug-likeness (QED) is 0.744. The Morgan fingerprint density at radius 2 is 2.29 bits per heavy atom. The van der Waals surface area contributed by atoms with Crippen LogP contribution in [-0.2, 0) is 9.53 Å². The molecule has 0 radical (unpaired) electrons. The van der Waals surface area contributed by atoms with Gasteiger partial charge in [0.15, 0.2) is 0 Å². The molecular formula is C13H25NO2S. The highest BCUT2D eigenvalue weighted by Crippen LogP contribution is 2.38. The van der Waals surface area contributed by atoms with E-state index < -0.39 is 5.54 Å². The first-order valence-corrected chi connectivity index (χ1v) is 7.56.